The molecule has 0 fully saturated rings. The van der Waals surface area contributed by atoms with Gasteiger partial charge in [0.05, 0.1) is 6.42 Å². The Morgan fingerprint density at radius 3 is 2.52 bits per heavy atom. The molecular weight excluding hydrogens is 290 g/mol. The van der Waals surface area contributed by atoms with Gasteiger partial charge in [-0.05, 0) is 17.7 Å². The fourth-order valence-corrected chi connectivity index (χ4v) is 2.19. The molecule has 0 N–H and O–H groups in total. The maximum Gasteiger partial charge on any atom is 0.253 e. The molecule has 0 aliphatic heterocycles. The molecule has 5 nitrogen and oxygen atoms in total. The number of rotatable bonds is 6. The third-order valence-electron chi connectivity index (χ3n) is 3.40. The molecule has 2 aromatic carbocycles. The standard InChI is InChI=1S/C18H19N3O2/c1-21(2)15-9-6-10-16(12-15)22-13-18-20-19-17(23-18)11-14-7-4-3-5-8-14/h3-10,12H,11,13H2,1-2H3. The van der Waals surface area contributed by atoms with Crippen LogP contribution in [0.15, 0.2) is 59.0 Å². The van der Waals surface area contributed by atoms with Crippen LogP contribution in [0.4, 0.5) is 5.69 Å². The molecule has 0 saturated heterocycles. The number of hydrogen-bond acceptors (Lipinski definition) is 5. The lowest BCUT2D eigenvalue weighted by atomic mass is 10.2. The van der Waals surface area contributed by atoms with Crippen molar-refractivity contribution in [2.24, 2.45) is 0 Å². The molecule has 0 unspecified atom stereocenters. The van der Waals surface area contributed by atoms with Crippen molar-refractivity contribution in [1.82, 2.24) is 10.2 Å². The highest BCUT2D eigenvalue weighted by atomic mass is 16.5. The summed E-state index contributed by atoms with van der Waals surface area (Å²) < 4.78 is 11.4. The predicted octanol–water partition coefficient (Wildman–Crippen LogP) is 3.31. The van der Waals surface area contributed by atoms with Crippen LogP contribution < -0.4 is 9.64 Å². The molecule has 0 aliphatic carbocycles. The van der Waals surface area contributed by atoms with Gasteiger partial charge in [-0.25, -0.2) is 0 Å². The molecule has 0 spiro atoms. The largest absolute Gasteiger partial charge is 0.484 e. The molecule has 0 radical (unpaired) electrons. The highest BCUT2D eigenvalue weighted by Crippen LogP contribution is 2.20. The average Bonchev–Trinajstić information content (AvgIpc) is 3.01. The van der Waals surface area contributed by atoms with Crippen molar-refractivity contribution in [3.63, 3.8) is 0 Å². The van der Waals surface area contributed by atoms with E-state index < -0.39 is 0 Å². The highest BCUT2D eigenvalue weighted by Gasteiger charge is 2.08. The van der Waals surface area contributed by atoms with Gasteiger partial charge in [0, 0.05) is 25.8 Å². The van der Waals surface area contributed by atoms with Gasteiger partial charge in [-0.15, -0.1) is 10.2 Å². The van der Waals surface area contributed by atoms with E-state index in [1.807, 2.05) is 73.6 Å². The Bertz CT molecular complexity index is 754. The molecule has 0 saturated carbocycles. The zero-order valence-electron chi connectivity index (χ0n) is 13.3. The quantitative estimate of drug-likeness (QED) is 0.699. The molecule has 3 rings (SSSR count). The van der Waals surface area contributed by atoms with E-state index in [4.69, 9.17) is 9.15 Å². The maximum atomic E-state index is 5.72. The molecule has 5 heteroatoms. The van der Waals surface area contributed by atoms with Gasteiger partial charge in [0.2, 0.25) is 5.89 Å². The lowest BCUT2D eigenvalue weighted by Gasteiger charge is -2.13. The van der Waals surface area contributed by atoms with Gasteiger partial charge in [-0.1, -0.05) is 36.4 Å². The van der Waals surface area contributed by atoms with Crippen LogP contribution in [-0.2, 0) is 13.0 Å². The van der Waals surface area contributed by atoms with Crippen molar-refractivity contribution >= 4 is 5.69 Å². The minimum atomic E-state index is 0.263. The summed E-state index contributed by atoms with van der Waals surface area (Å²) in [7, 11) is 3.99. The summed E-state index contributed by atoms with van der Waals surface area (Å²) in [4.78, 5) is 2.03. The third kappa shape index (κ3) is 4.10. The van der Waals surface area contributed by atoms with Crippen LogP contribution >= 0.6 is 0 Å². The van der Waals surface area contributed by atoms with E-state index in [-0.39, 0.29) is 6.61 Å². The summed E-state index contributed by atoms with van der Waals surface area (Å²) in [5.41, 5.74) is 2.22. The van der Waals surface area contributed by atoms with Crippen LogP contribution in [0.3, 0.4) is 0 Å². The molecule has 23 heavy (non-hydrogen) atoms. The molecule has 1 heterocycles. The summed E-state index contributed by atoms with van der Waals surface area (Å²) in [6, 6.07) is 17.9. The number of aromatic nitrogens is 2. The first kappa shape index (κ1) is 15.1. The second kappa shape index (κ2) is 6.96. The van der Waals surface area contributed by atoms with E-state index in [1.165, 1.54) is 0 Å². The molecule has 118 valence electrons. The summed E-state index contributed by atoms with van der Waals surface area (Å²) in [5.74, 6) is 1.85. The van der Waals surface area contributed by atoms with Crippen molar-refractivity contribution in [3.8, 4) is 5.75 Å². The van der Waals surface area contributed by atoms with Crippen LogP contribution in [0, 0.1) is 0 Å². The van der Waals surface area contributed by atoms with Crippen molar-refractivity contribution in [1.29, 1.82) is 0 Å². The Morgan fingerprint density at radius 1 is 0.957 bits per heavy atom. The Balaban J connectivity index is 1.60. The molecule has 1 aromatic heterocycles. The van der Waals surface area contributed by atoms with Crippen molar-refractivity contribution in [3.05, 3.63) is 71.9 Å². The van der Waals surface area contributed by atoms with Crippen molar-refractivity contribution in [2.75, 3.05) is 19.0 Å². The first-order valence-corrected chi connectivity index (χ1v) is 7.46. The lowest BCUT2D eigenvalue weighted by Crippen LogP contribution is -2.08. The van der Waals surface area contributed by atoms with Gasteiger partial charge in [0.15, 0.2) is 6.61 Å². The number of ether oxygens (including phenoxy) is 1. The number of hydrogen-bond donors (Lipinski definition) is 0. The minimum absolute atomic E-state index is 0.263. The van der Waals surface area contributed by atoms with Crippen LogP contribution in [-0.4, -0.2) is 24.3 Å². The Kier molecular flexibility index (Phi) is 4.57. The monoisotopic (exact) mass is 309 g/mol. The molecule has 3 aromatic rings. The smallest absolute Gasteiger partial charge is 0.253 e. The van der Waals surface area contributed by atoms with Crippen LogP contribution in [0.2, 0.25) is 0 Å². The van der Waals surface area contributed by atoms with Crippen molar-refractivity contribution < 1.29 is 9.15 Å². The maximum absolute atomic E-state index is 5.72. The molecular formula is C18H19N3O2. The molecule has 0 bridgehead atoms. The van der Waals surface area contributed by atoms with E-state index in [2.05, 4.69) is 10.2 Å². The van der Waals surface area contributed by atoms with E-state index in [9.17, 15) is 0 Å². The summed E-state index contributed by atoms with van der Waals surface area (Å²) in [6.07, 6.45) is 0.629. The Morgan fingerprint density at radius 2 is 1.74 bits per heavy atom. The highest BCUT2D eigenvalue weighted by molar-refractivity contribution is 5.49. The molecule has 0 atom stereocenters. The third-order valence-corrected chi connectivity index (χ3v) is 3.40. The molecule has 0 amide bonds. The Labute approximate surface area is 135 Å². The minimum Gasteiger partial charge on any atom is -0.484 e. The Hall–Kier alpha value is -2.82. The average molecular weight is 309 g/mol. The van der Waals surface area contributed by atoms with Gasteiger partial charge < -0.3 is 14.1 Å². The summed E-state index contributed by atoms with van der Waals surface area (Å²) in [6.45, 7) is 0.263. The topological polar surface area (TPSA) is 51.4 Å². The van der Waals surface area contributed by atoms with Gasteiger partial charge in [0.1, 0.15) is 5.75 Å². The first-order chi connectivity index (χ1) is 11.2. The fourth-order valence-electron chi connectivity index (χ4n) is 2.19. The van der Waals surface area contributed by atoms with Crippen LogP contribution in [0.5, 0.6) is 5.75 Å². The fraction of sp³-hybridized carbons (Fsp3) is 0.222. The van der Waals surface area contributed by atoms with Gasteiger partial charge >= 0.3 is 0 Å². The predicted molar refractivity (Wildman–Crippen MR) is 88.6 cm³/mol. The SMILES string of the molecule is CN(C)c1cccc(OCc2nnc(Cc3ccccc3)o2)c1. The van der Waals surface area contributed by atoms with E-state index in [0.29, 0.717) is 18.2 Å². The van der Waals surface area contributed by atoms with Crippen LogP contribution in [0.25, 0.3) is 0 Å². The summed E-state index contributed by atoms with van der Waals surface area (Å²) >= 11 is 0. The normalized spacial score (nSPS) is 10.5. The first-order valence-electron chi connectivity index (χ1n) is 7.46. The van der Waals surface area contributed by atoms with Crippen molar-refractivity contribution in [2.45, 2.75) is 13.0 Å². The van der Waals surface area contributed by atoms with Gasteiger partial charge in [-0.2, -0.15) is 0 Å². The second-order valence-electron chi connectivity index (χ2n) is 5.43. The number of nitrogens with zero attached hydrogens (tertiary/aromatic N) is 3. The molecule has 0 aliphatic rings. The lowest BCUT2D eigenvalue weighted by molar-refractivity contribution is 0.259. The van der Waals surface area contributed by atoms with E-state index in [0.717, 1.165) is 17.0 Å². The van der Waals surface area contributed by atoms with Gasteiger partial charge in [-0.3, -0.25) is 0 Å². The second-order valence-corrected chi connectivity index (χ2v) is 5.43. The number of benzene rings is 2. The zero-order valence-corrected chi connectivity index (χ0v) is 13.3. The van der Waals surface area contributed by atoms with Crippen LogP contribution in [0.1, 0.15) is 17.3 Å². The van der Waals surface area contributed by atoms with Gasteiger partial charge in [0.25, 0.3) is 5.89 Å². The zero-order chi connectivity index (χ0) is 16.1. The van der Waals surface area contributed by atoms with E-state index >= 15 is 0 Å². The number of anilines is 1. The summed E-state index contributed by atoms with van der Waals surface area (Å²) in [5, 5.41) is 8.10. The van der Waals surface area contributed by atoms with E-state index in [1.54, 1.807) is 0 Å².